The van der Waals surface area contributed by atoms with Crippen LogP contribution >= 0.6 is 0 Å². The van der Waals surface area contributed by atoms with Crippen LogP contribution in [0.15, 0.2) is 24.3 Å². The molecule has 0 saturated carbocycles. The fourth-order valence-electron chi connectivity index (χ4n) is 1.78. The van der Waals surface area contributed by atoms with Gasteiger partial charge >= 0.3 is 6.18 Å². The molecule has 0 fully saturated rings. The second-order valence-corrected chi connectivity index (χ2v) is 4.27. The highest BCUT2D eigenvalue weighted by atomic mass is 19.4. The van der Waals surface area contributed by atoms with Gasteiger partial charge in [-0.05, 0) is 30.7 Å². The molecule has 0 radical (unpaired) electrons. The van der Waals surface area contributed by atoms with Gasteiger partial charge in [0.05, 0.1) is 11.3 Å². The predicted octanol–water partition coefficient (Wildman–Crippen LogP) is 3.38. The number of ether oxygens (including phenoxy) is 1. The van der Waals surface area contributed by atoms with Gasteiger partial charge in [0.15, 0.2) is 0 Å². The Morgan fingerprint density at radius 2 is 1.85 bits per heavy atom. The van der Waals surface area contributed by atoms with Crippen molar-refractivity contribution in [3.05, 3.63) is 35.5 Å². The minimum absolute atomic E-state index is 0.273. The summed E-state index contributed by atoms with van der Waals surface area (Å²) in [5, 5.41) is 4.17. The van der Waals surface area contributed by atoms with Crippen molar-refractivity contribution in [3.63, 3.8) is 0 Å². The van der Waals surface area contributed by atoms with E-state index in [4.69, 9.17) is 10.5 Å². The molecule has 4 nitrogen and oxygen atoms in total. The number of benzene rings is 1. The molecule has 0 unspecified atom stereocenters. The molecule has 2 rings (SSSR count). The maximum Gasteiger partial charge on any atom is 0.416 e. The van der Waals surface area contributed by atoms with Crippen molar-refractivity contribution in [3.8, 4) is 11.6 Å². The van der Waals surface area contributed by atoms with Crippen LogP contribution in [0.5, 0.6) is 11.6 Å². The predicted molar refractivity (Wildman–Crippen MR) is 68.5 cm³/mol. The Morgan fingerprint density at radius 1 is 1.25 bits per heavy atom. The number of alkyl halides is 3. The zero-order chi connectivity index (χ0) is 14.9. The SMILES string of the molecule is CCc1nn(C)c(Oc2ccc(C(F)(F)F)cc2)c1N. The third kappa shape index (κ3) is 2.71. The molecule has 0 atom stereocenters. The van der Waals surface area contributed by atoms with Gasteiger partial charge in [-0.1, -0.05) is 6.92 Å². The lowest BCUT2D eigenvalue weighted by atomic mass is 10.2. The summed E-state index contributed by atoms with van der Waals surface area (Å²) in [6.45, 7) is 1.90. The second kappa shape index (κ2) is 5.07. The fraction of sp³-hybridized carbons (Fsp3) is 0.308. The highest BCUT2D eigenvalue weighted by Crippen LogP contribution is 2.33. The van der Waals surface area contributed by atoms with E-state index in [1.165, 1.54) is 16.8 Å². The summed E-state index contributed by atoms with van der Waals surface area (Å²) >= 11 is 0. The number of aryl methyl sites for hydroxylation is 2. The van der Waals surface area contributed by atoms with Crippen LogP contribution in [0.25, 0.3) is 0 Å². The molecule has 0 spiro atoms. The minimum atomic E-state index is -4.36. The van der Waals surface area contributed by atoms with E-state index in [0.29, 0.717) is 23.7 Å². The van der Waals surface area contributed by atoms with Gasteiger partial charge in [0, 0.05) is 7.05 Å². The standard InChI is InChI=1S/C13H14F3N3O/c1-3-10-11(17)12(19(2)18-10)20-9-6-4-8(5-7-9)13(14,15)16/h4-7H,3,17H2,1-2H3. The molecular weight excluding hydrogens is 271 g/mol. The monoisotopic (exact) mass is 285 g/mol. The molecule has 0 aliphatic carbocycles. The Balaban J connectivity index is 2.25. The topological polar surface area (TPSA) is 53.1 Å². The van der Waals surface area contributed by atoms with Gasteiger partial charge in [-0.25, -0.2) is 4.68 Å². The van der Waals surface area contributed by atoms with Crippen molar-refractivity contribution in [2.75, 3.05) is 5.73 Å². The number of aromatic nitrogens is 2. The Kier molecular flexibility index (Phi) is 3.61. The first kappa shape index (κ1) is 14.2. The second-order valence-electron chi connectivity index (χ2n) is 4.27. The number of nitrogen functional groups attached to an aromatic ring is 1. The highest BCUT2D eigenvalue weighted by molar-refractivity contribution is 5.54. The van der Waals surface area contributed by atoms with Crippen molar-refractivity contribution >= 4 is 5.69 Å². The number of anilines is 1. The minimum Gasteiger partial charge on any atom is -0.437 e. The maximum atomic E-state index is 12.4. The van der Waals surface area contributed by atoms with E-state index >= 15 is 0 Å². The number of nitrogens with zero attached hydrogens (tertiary/aromatic N) is 2. The number of hydrogen-bond acceptors (Lipinski definition) is 3. The summed E-state index contributed by atoms with van der Waals surface area (Å²) in [6, 6.07) is 4.42. The van der Waals surface area contributed by atoms with Crippen LogP contribution in [0.1, 0.15) is 18.2 Å². The molecule has 108 valence electrons. The number of rotatable bonds is 3. The van der Waals surface area contributed by atoms with Crippen LogP contribution in [0.4, 0.5) is 18.9 Å². The normalized spacial score (nSPS) is 11.7. The lowest BCUT2D eigenvalue weighted by Crippen LogP contribution is -2.04. The van der Waals surface area contributed by atoms with Crippen LogP contribution in [-0.2, 0) is 19.6 Å². The summed E-state index contributed by atoms with van der Waals surface area (Å²) in [5.41, 5.74) is 6.24. The molecule has 0 bridgehead atoms. The average molecular weight is 285 g/mol. The molecule has 1 aromatic carbocycles. The first-order chi connectivity index (χ1) is 9.32. The molecule has 1 heterocycles. The van der Waals surface area contributed by atoms with Crippen molar-refractivity contribution in [1.29, 1.82) is 0 Å². The van der Waals surface area contributed by atoms with Gasteiger partial charge in [-0.3, -0.25) is 0 Å². The van der Waals surface area contributed by atoms with E-state index in [-0.39, 0.29) is 5.75 Å². The van der Waals surface area contributed by atoms with Crippen LogP contribution in [0, 0.1) is 0 Å². The molecule has 2 N–H and O–H groups in total. The molecule has 0 saturated heterocycles. The first-order valence-corrected chi connectivity index (χ1v) is 5.99. The Bertz CT molecular complexity index is 603. The van der Waals surface area contributed by atoms with E-state index in [1.54, 1.807) is 7.05 Å². The van der Waals surface area contributed by atoms with Gasteiger partial charge in [0.2, 0.25) is 5.88 Å². The van der Waals surface area contributed by atoms with Crippen molar-refractivity contribution in [1.82, 2.24) is 9.78 Å². The van der Waals surface area contributed by atoms with Gasteiger partial charge < -0.3 is 10.5 Å². The van der Waals surface area contributed by atoms with Crippen molar-refractivity contribution in [2.45, 2.75) is 19.5 Å². The van der Waals surface area contributed by atoms with E-state index in [9.17, 15) is 13.2 Å². The molecule has 7 heteroatoms. The molecule has 0 aliphatic heterocycles. The summed E-state index contributed by atoms with van der Waals surface area (Å²) in [5.74, 6) is 0.594. The van der Waals surface area contributed by atoms with E-state index in [2.05, 4.69) is 5.10 Å². The van der Waals surface area contributed by atoms with Gasteiger partial charge in [0.25, 0.3) is 0 Å². The largest absolute Gasteiger partial charge is 0.437 e. The fourth-order valence-corrected chi connectivity index (χ4v) is 1.78. The van der Waals surface area contributed by atoms with E-state index in [0.717, 1.165) is 12.1 Å². The molecule has 0 aliphatic rings. The lowest BCUT2D eigenvalue weighted by Gasteiger charge is -2.09. The molecule has 2 aromatic rings. The van der Waals surface area contributed by atoms with Crippen molar-refractivity contribution in [2.24, 2.45) is 7.05 Å². The zero-order valence-corrected chi connectivity index (χ0v) is 11.0. The van der Waals surface area contributed by atoms with Crippen molar-refractivity contribution < 1.29 is 17.9 Å². The number of nitrogens with two attached hydrogens (primary N) is 1. The number of hydrogen-bond donors (Lipinski definition) is 1. The molecule has 0 amide bonds. The third-order valence-electron chi connectivity index (χ3n) is 2.84. The highest BCUT2D eigenvalue weighted by Gasteiger charge is 2.30. The average Bonchev–Trinajstić information content (AvgIpc) is 2.66. The maximum absolute atomic E-state index is 12.4. The van der Waals surface area contributed by atoms with Crippen LogP contribution in [0.2, 0.25) is 0 Å². The van der Waals surface area contributed by atoms with Crippen LogP contribution in [-0.4, -0.2) is 9.78 Å². The first-order valence-electron chi connectivity index (χ1n) is 5.99. The third-order valence-corrected chi connectivity index (χ3v) is 2.84. The Morgan fingerprint density at radius 3 is 2.30 bits per heavy atom. The van der Waals surface area contributed by atoms with Crippen LogP contribution in [0.3, 0.4) is 0 Å². The van der Waals surface area contributed by atoms with Crippen LogP contribution < -0.4 is 10.5 Å². The van der Waals surface area contributed by atoms with Gasteiger partial charge in [-0.2, -0.15) is 18.3 Å². The smallest absolute Gasteiger partial charge is 0.416 e. The Hall–Kier alpha value is -2.18. The molecule has 20 heavy (non-hydrogen) atoms. The zero-order valence-electron chi connectivity index (χ0n) is 11.0. The summed E-state index contributed by atoms with van der Waals surface area (Å²) in [4.78, 5) is 0. The molecule has 1 aromatic heterocycles. The summed E-state index contributed by atoms with van der Waals surface area (Å²) in [7, 11) is 1.66. The lowest BCUT2D eigenvalue weighted by molar-refractivity contribution is -0.137. The van der Waals surface area contributed by atoms with Gasteiger partial charge in [0.1, 0.15) is 11.4 Å². The van der Waals surface area contributed by atoms with Gasteiger partial charge in [-0.15, -0.1) is 0 Å². The molecular formula is C13H14F3N3O. The number of halogens is 3. The summed E-state index contributed by atoms with van der Waals surface area (Å²) in [6.07, 6.45) is -3.71. The van der Waals surface area contributed by atoms with E-state index < -0.39 is 11.7 Å². The van der Waals surface area contributed by atoms with E-state index in [1.807, 2.05) is 6.92 Å². The Labute approximate surface area is 114 Å². The summed E-state index contributed by atoms with van der Waals surface area (Å²) < 4.78 is 44.3. The quantitative estimate of drug-likeness (QED) is 0.940.